The molecule has 0 fully saturated rings. The number of hydrogen-bond acceptors (Lipinski definition) is 7. The Morgan fingerprint density at radius 2 is 2.07 bits per heavy atom. The molecule has 0 spiro atoms. The van der Waals surface area contributed by atoms with E-state index >= 15 is 0 Å². The Morgan fingerprint density at radius 3 is 2.81 bits per heavy atom. The Hall–Kier alpha value is -3.14. The fraction of sp³-hybridized carbons (Fsp3) is 0.294. The molecule has 0 aliphatic carbocycles. The van der Waals surface area contributed by atoms with Crippen LogP contribution >= 0.6 is 12.2 Å². The summed E-state index contributed by atoms with van der Waals surface area (Å²) in [4.78, 5) is 0. The summed E-state index contributed by atoms with van der Waals surface area (Å²) < 4.78 is 20.2. The molecule has 3 heterocycles. The Morgan fingerprint density at radius 1 is 1.26 bits per heavy atom. The molecular weight excluding hydrogens is 368 g/mol. The minimum Gasteiger partial charge on any atom is -0.493 e. The first-order valence-electron chi connectivity index (χ1n) is 8.30. The number of nitrogens with one attached hydrogen (secondary N) is 1. The molecule has 1 aliphatic heterocycles. The minimum absolute atomic E-state index is 0.360. The van der Waals surface area contributed by atoms with Crippen molar-refractivity contribution in [3.8, 4) is 23.2 Å². The van der Waals surface area contributed by atoms with E-state index in [1.165, 1.54) is 4.68 Å². The van der Waals surface area contributed by atoms with Crippen molar-refractivity contribution in [2.45, 2.75) is 13.8 Å². The summed E-state index contributed by atoms with van der Waals surface area (Å²) in [5.74, 6) is 2.29. The lowest BCUT2D eigenvalue weighted by atomic mass is 10.2. The fourth-order valence-electron chi connectivity index (χ4n) is 2.85. The van der Waals surface area contributed by atoms with Crippen LogP contribution in [0.15, 0.2) is 23.3 Å². The number of nitrogens with zero attached hydrogens (tertiary/aromatic N) is 5. The molecule has 1 N–H and O–H groups in total. The van der Waals surface area contributed by atoms with Crippen molar-refractivity contribution in [2.75, 3.05) is 20.3 Å². The van der Waals surface area contributed by atoms with Gasteiger partial charge in [0.15, 0.2) is 11.5 Å². The normalized spacial score (nSPS) is 13.3. The molecule has 0 amide bonds. The van der Waals surface area contributed by atoms with E-state index < -0.39 is 0 Å². The summed E-state index contributed by atoms with van der Waals surface area (Å²) in [5.41, 5.74) is 2.59. The smallest absolute Gasteiger partial charge is 0.271 e. The summed E-state index contributed by atoms with van der Waals surface area (Å²) in [6.45, 7) is 4.84. The van der Waals surface area contributed by atoms with Crippen molar-refractivity contribution in [3.05, 3.63) is 39.9 Å². The van der Waals surface area contributed by atoms with E-state index in [-0.39, 0.29) is 0 Å². The lowest BCUT2D eigenvalue weighted by Gasteiger charge is -2.20. The highest BCUT2D eigenvalue weighted by Gasteiger charge is 2.18. The molecule has 0 saturated heterocycles. The van der Waals surface area contributed by atoms with Gasteiger partial charge in [0.1, 0.15) is 13.2 Å². The van der Waals surface area contributed by atoms with E-state index in [1.807, 2.05) is 32.0 Å². The number of hydrogen-bond donors (Lipinski definition) is 1. The first-order valence-corrected chi connectivity index (χ1v) is 8.70. The number of fused-ring (bicyclic) bond motifs is 1. The van der Waals surface area contributed by atoms with Crippen LogP contribution in [0.4, 0.5) is 0 Å². The van der Waals surface area contributed by atoms with Gasteiger partial charge in [0.05, 0.1) is 19.0 Å². The quantitative estimate of drug-likeness (QED) is 0.547. The minimum atomic E-state index is 0.360. The van der Waals surface area contributed by atoms with E-state index in [1.54, 1.807) is 18.0 Å². The summed E-state index contributed by atoms with van der Waals surface area (Å²) >= 11 is 5.30. The number of H-pyrrole nitrogens is 1. The van der Waals surface area contributed by atoms with Crippen LogP contribution in [0.5, 0.6) is 17.2 Å². The predicted molar refractivity (Wildman–Crippen MR) is 101 cm³/mol. The second-order valence-electron chi connectivity index (χ2n) is 5.97. The molecule has 4 rings (SSSR count). The maximum Gasteiger partial charge on any atom is 0.271 e. The average Bonchev–Trinajstić information content (AvgIpc) is 3.20. The highest BCUT2D eigenvalue weighted by Crippen LogP contribution is 2.40. The third-order valence-corrected chi connectivity index (χ3v) is 4.27. The molecule has 27 heavy (non-hydrogen) atoms. The molecule has 10 heteroatoms. The topological polar surface area (TPSA) is 91.5 Å². The average molecular weight is 386 g/mol. The van der Waals surface area contributed by atoms with E-state index in [0.29, 0.717) is 41.2 Å². The van der Waals surface area contributed by atoms with Crippen LogP contribution in [0.1, 0.15) is 17.0 Å². The van der Waals surface area contributed by atoms with Crippen LogP contribution in [-0.2, 0) is 0 Å². The summed E-state index contributed by atoms with van der Waals surface area (Å²) in [7, 11) is 1.58. The van der Waals surface area contributed by atoms with Crippen LogP contribution in [-0.4, -0.2) is 51.2 Å². The molecule has 1 aromatic carbocycles. The van der Waals surface area contributed by atoms with Gasteiger partial charge in [-0.15, -0.1) is 5.10 Å². The van der Waals surface area contributed by atoms with Gasteiger partial charge < -0.3 is 14.2 Å². The van der Waals surface area contributed by atoms with Gasteiger partial charge in [-0.25, -0.2) is 9.78 Å². The van der Waals surface area contributed by atoms with Gasteiger partial charge in [-0.3, -0.25) is 0 Å². The number of rotatable bonds is 4. The highest BCUT2D eigenvalue weighted by atomic mass is 32.1. The number of ether oxygens (including phenoxy) is 3. The Labute approximate surface area is 160 Å². The van der Waals surface area contributed by atoms with E-state index in [9.17, 15) is 0 Å². The SMILES string of the molecule is COc1cc(/C=N\n2c(-n3nc(C)cc3C)n[nH]c2=S)cc2c1OCCO2. The molecule has 140 valence electrons. The molecule has 0 saturated carbocycles. The van der Waals surface area contributed by atoms with Gasteiger partial charge in [0.2, 0.25) is 10.5 Å². The van der Waals surface area contributed by atoms with Crippen LogP contribution in [0.3, 0.4) is 0 Å². The van der Waals surface area contributed by atoms with Crippen molar-refractivity contribution in [2.24, 2.45) is 5.10 Å². The van der Waals surface area contributed by atoms with Crippen LogP contribution in [0.25, 0.3) is 5.95 Å². The maximum atomic E-state index is 5.65. The van der Waals surface area contributed by atoms with E-state index in [2.05, 4.69) is 20.4 Å². The molecule has 0 radical (unpaired) electrons. The van der Waals surface area contributed by atoms with E-state index in [4.69, 9.17) is 26.4 Å². The first-order chi connectivity index (χ1) is 13.1. The van der Waals surface area contributed by atoms with E-state index in [0.717, 1.165) is 17.0 Å². The number of benzene rings is 1. The summed E-state index contributed by atoms with van der Waals surface area (Å²) in [6.07, 6.45) is 1.65. The van der Waals surface area contributed by atoms with Crippen molar-refractivity contribution in [3.63, 3.8) is 0 Å². The van der Waals surface area contributed by atoms with Gasteiger partial charge in [-0.1, -0.05) is 0 Å². The lowest BCUT2D eigenvalue weighted by molar-refractivity contribution is 0.165. The number of aromatic amines is 1. The zero-order valence-electron chi connectivity index (χ0n) is 15.1. The van der Waals surface area contributed by atoms with Gasteiger partial charge in [0.25, 0.3) is 5.95 Å². The standard InChI is InChI=1S/C17H18N6O3S/c1-10-6-11(2)22(21-10)16-19-20-17(27)23(16)18-9-12-7-13(24-3)15-14(8-12)25-4-5-26-15/h6-9H,4-5H2,1-3H3,(H,20,27)/b18-9-. The zero-order chi connectivity index (χ0) is 19.0. The molecule has 9 nitrogen and oxygen atoms in total. The molecule has 1 aliphatic rings. The lowest BCUT2D eigenvalue weighted by Crippen LogP contribution is -2.16. The molecule has 2 aromatic heterocycles. The maximum absolute atomic E-state index is 5.65. The van der Waals surface area contributed by atoms with Gasteiger partial charge >= 0.3 is 0 Å². The van der Waals surface area contributed by atoms with Gasteiger partial charge in [-0.2, -0.15) is 14.9 Å². The number of aryl methyl sites for hydroxylation is 2. The molecule has 0 unspecified atom stereocenters. The number of aromatic nitrogens is 5. The third-order valence-electron chi connectivity index (χ3n) is 4.00. The molecule has 3 aromatic rings. The molecular formula is C17H18N6O3S. The summed E-state index contributed by atoms with van der Waals surface area (Å²) in [5, 5.41) is 15.9. The Balaban J connectivity index is 1.73. The largest absolute Gasteiger partial charge is 0.493 e. The van der Waals surface area contributed by atoms with Crippen LogP contribution < -0.4 is 14.2 Å². The van der Waals surface area contributed by atoms with Crippen molar-refractivity contribution < 1.29 is 14.2 Å². The second-order valence-corrected chi connectivity index (χ2v) is 6.36. The monoisotopic (exact) mass is 386 g/mol. The highest BCUT2D eigenvalue weighted by molar-refractivity contribution is 7.71. The molecule has 0 atom stereocenters. The van der Waals surface area contributed by atoms with Crippen LogP contribution in [0, 0.1) is 18.6 Å². The second kappa shape index (κ2) is 6.88. The zero-order valence-corrected chi connectivity index (χ0v) is 15.9. The van der Waals surface area contributed by atoms with Gasteiger partial charge in [0, 0.05) is 11.3 Å². The summed E-state index contributed by atoms with van der Waals surface area (Å²) in [6, 6.07) is 5.62. The predicted octanol–water partition coefficient (Wildman–Crippen LogP) is 2.41. The first kappa shape index (κ1) is 17.3. The number of methoxy groups -OCH3 is 1. The fourth-order valence-corrected chi connectivity index (χ4v) is 3.02. The van der Waals surface area contributed by atoms with Crippen molar-refractivity contribution in [1.29, 1.82) is 0 Å². The van der Waals surface area contributed by atoms with Crippen molar-refractivity contribution in [1.82, 2.24) is 24.7 Å². The molecule has 0 bridgehead atoms. The van der Waals surface area contributed by atoms with Crippen LogP contribution in [0.2, 0.25) is 0 Å². The van der Waals surface area contributed by atoms with Gasteiger partial charge in [-0.05, 0) is 44.3 Å². The Kier molecular flexibility index (Phi) is 4.40. The third kappa shape index (κ3) is 3.19. The Bertz CT molecular complexity index is 1060. The van der Waals surface area contributed by atoms with Crippen molar-refractivity contribution >= 4 is 18.4 Å².